The van der Waals surface area contributed by atoms with E-state index in [1.165, 1.54) is 4.90 Å². The second-order valence-electron chi connectivity index (χ2n) is 4.92. The molecule has 0 aromatic carbocycles. The summed E-state index contributed by atoms with van der Waals surface area (Å²) in [4.78, 5) is 24.0. The third-order valence-corrected chi connectivity index (χ3v) is 2.56. The summed E-state index contributed by atoms with van der Waals surface area (Å²) in [6.07, 6.45) is 1.19. The molecular weight excluding hydrogens is 236 g/mol. The first-order valence-corrected chi connectivity index (χ1v) is 6.22. The monoisotopic (exact) mass is 260 g/mol. The lowest BCUT2D eigenvalue weighted by Gasteiger charge is -2.30. The largest absolute Gasteiger partial charge is 0.481 e. The smallest absolute Gasteiger partial charge is 0.317 e. The van der Waals surface area contributed by atoms with E-state index in [1.54, 1.807) is 13.8 Å². The SMILES string of the molecule is CCCN(CCO)C(=O)NC(C)(C)CCC(=O)O. The fraction of sp³-hybridized carbons (Fsp3) is 0.833. The van der Waals surface area contributed by atoms with E-state index in [0.29, 0.717) is 13.0 Å². The number of aliphatic hydroxyl groups excluding tert-OH is 1. The number of nitrogens with zero attached hydrogens (tertiary/aromatic N) is 1. The standard InChI is InChI=1S/C12H24N2O4/c1-4-7-14(8-9-15)11(18)13-12(2,3)6-5-10(16)17/h15H,4-9H2,1-3H3,(H,13,18)(H,16,17). The Kier molecular flexibility index (Phi) is 7.35. The van der Waals surface area contributed by atoms with Crippen molar-refractivity contribution in [1.29, 1.82) is 0 Å². The number of carboxylic acid groups (broad SMARTS) is 1. The Balaban J connectivity index is 4.35. The average molecular weight is 260 g/mol. The molecule has 6 nitrogen and oxygen atoms in total. The van der Waals surface area contributed by atoms with E-state index >= 15 is 0 Å². The Morgan fingerprint density at radius 2 is 1.89 bits per heavy atom. The van der Waals surface area contributed by atoms with Crippen LogP contribution in [-0.2, 0) is 4.79 Å². The number of hydrogen-bond donors (Lipinski definition) is 3. The third kappa shape index (κ3) is 7.11. The van der Waals surface area contributed by atoms with Crippen LogP contribution in [0.2, 0.25) is 0 Å². The van der Waals surface area contributed by atoms with Gasteiger partial charge in [0.15, 0.2) is 0 Å². The van der Waals surface area contributed by atoms with Crippen LogP contribution in [0, 0.1) is 0 Å². The molecule has 0 aromatic heterocycles. The number of urea groups is 1. The second-order valence-corrected chi connectivity index (χ2v) is 4.92. The van der Waals surface area contributed by atoms with Gasteiger partial charge in [0.1, 0.15) is 0 Å². The van der Waals surface area contributed by atoms with E-state index in [2.05, 4.69) is 5.32 Å². The van der Waals surface area contributed by atoms with Crippen LogP contribution in [0.1, 0.15) is 40.0 Å². The second kappa shape index (κ2) is 7.92. The number of aliphatic carboxylic acids is 1. The van der Waals surface area contributed by atoms with Crippen molar-refractivity contribution in [2.45, 2.75) is 45.6 Å². The molecule has 0 heterocycles. The molecule has 6 heteroatoms. The fourth-order valence-electron chi connectivity index (χ4n) is 1.56. The molecule has 3 N–H and O–H groups in total. The molecule has 0 bridgehead atoms. The van der Waals surface area contributed by atoms with E-state index in [9.17, 15) is 9.59 Å². The Hall–Kier alpha value is -1.30. The van der Waals surface area contributed by atoms with E-state index in [-0.39, 0.29) is 25.6 Å². The van der Waals surface area contributed by atoms with Gasteiger partial charge in [0, 0.05) is 25.0 Å². The molecule has 0 spiro atoms. The van der Waals surface area contributed by atoms with Gasteiger partial charge in [0.25, 0.3) is 0 Å². The number of carbonyl (C=O) groups excluding carboxylic acids is 1. The molecule has 0 saturated heterocycles. The van der Waals surface area contributed by atoms with Gasteiger partial charge in [-0.1, -0.05) is 6.92 Å². The van der Waals surface area contributed by atoms with E-state index in [1.807, 2.05) is 6.92 Å². The van der Waals surface area contributed by atoms with Gasteiger partial charge >= 0.3 is 12.0 Å². The molecule has 0 aliphatic heterocycles. The summed E-state index contributed by atoms with van der Waals surface area (Å²) >= 11 is 0. The first-order chi connectivity index (χ1) is 8.32. The van der Waals surface area contributed by atoms with Crippen molar-refractivity contribution >= 4 is 12.0 Å². The summed E-state index contributed by atoms with van der Waals surface area (Å²) in [5.41, 5.74) is -0.572. The highest BCUT2D eigenvalue weighted by molar-refractivity contribution is 5.75. The predicted octanol–water partition coefficient (Wildman–Crippen LogP) is 1.04. The Morgan fingerprint density at radius 1 is 1.28 bits per heavy atom. The minimum absolute atomic E-state index is 0.0149. The van der Waals surface area contributed by atoms with Crippen LogP contribution in [0.25, 0.3) is 0 Å². The topological polar surface area (TPSA) is 89.9 Å². The minimum atomic E-state index is -0.877. The first kappa shape index (κ1) is 16.7. The lowest BCUT2D eigenvalue weighted by atomic mass is 9.99. The van der Waals surface area contributed by atoms with Crippen molar-refractivity contribution in [1.82, 2.24) is 10.2 Å². The minimum Gasteiger partial charge on any atom is -0.481 e. The molecule has 0 fully saturated rings. The van der Waals surface area contributed by atoms with Crippen molar-refractivity contribution in [3.63, 3.8) is 0 Å². The zero-order valence-corrected chi connectivity index (χ0v) is 11.4. The van der Waals surface area contributed by atoms with Crippen LogP contribution >= 0.6 is 0 Å². The number of amides is 2. The zero-order chi connectivity index (χ0) is 14.2. The maximum Gasteiger partial charge on any atom is 0.317 e. The van der Waals surface area contributed by atoms with Crippen LogP contribution in [0.5, 0.6) is 0 Å². The molecule has 2 amide bonds. The van der Waals surface area contributed by atoms with E-state index < -0.39 is 11.5 Å². The van der Waals surface area contributed by atoms with Crippen LogP contribution in [0.4, 0.5) is 4.79 Å². The highest BCUT2D eigenvalue weighted by atomic mass is 16.4. The van der Waals surface area contributed by atoms with Gasteiger partial charge in [-0.3, -0.25) is 4.79 Å². The molecule has 0 radical (unpaired) electrons. The quantitative estimate of drug-likeness (QED) is 0.608. The van der Waals surface area contributed by atoms with Gasteiger partial charge in [-0.05, 0) is 26.7 Å². The lowest BCUT2D eigenvalue weighted by Crippen LogP contribution is -2.51. The summed E-state index contributed by atoms with van der Waals surface area (Å²) in [6.45, 7) is 6.31. The van der Waals surface area contributed by atoms with Crippen molar-refractivity contribution in [3.05, 3.63) is 0 Å². The summed E-state index contributed by atoms with van der Waals surface area (Å²) in [6, 6.07) is -0.263. The van der Waals surface area contributed by atoms with Gasteiger partial charge in [0.05, 0.1) is 6.61 Å². The number of carbonyl (C=O) groups is 2. The molecule has 0 aliphatic carbocycles. The van der Waals surface area contributed by atoms with Crippen LogP contribution in [0.15, 0.2) is 0 Å². The molecule has 0 saturated carbocycles. The highest BCUT2D eigenvalue weighted by Gasteiger charge is 2.24. The van der Waals surface area contributed by atoms with Gasteiger partial charge in [-0.15, -0.1) is 0 Å². The summed E-state index contributed by atoms with van der Waals surface area (Å²) in [5.74, 6) is -0.877. The van der Waals surface area contributed by atoms with Crippen LogP contribution in [0.3, 0.4) is 0 Å². The molecular formula is C12H24N2O4. The number of aliphatic hydroxyl groups is 1. The Labute approximate surface area is 108 Å². The maximum atomic E-state index is 11.9. The van der Waals surface area contributed by atoms with Crippen molar-refractivity contribution in [2.24, 2.45) is 0 Å². The summed E-state index contributed by atoms with van der Waals surface area (Å²) in [5, 5.41) is 20.3. The van der Waals surface area contributed by atoms with Crippen molar-refractivity contribution < 1.29 is 19.8 Å². The highest BCUT2D eigenvalue weighted by Crippen LogP contribution is 2.12. The normalized spacial score (nSPS) is 11.1. The summed E-state index contributed by atoms with van der Waals surface area (Å²) < 4.78 is 0. The zero-order valence-electron chi connectivity index (χ0n) is 11.4. The van der Waals surface area contributed by atoms with Crippen LogP contribution < -0.4 is 5.32 Å². The molecule has 0 aromatic rings. The molecule has 0 rings (SSSR count). The van der Waals surface area contributed by atoms with Crippen molar-refractivity contribution in [3.8, 4) is 0 Å². The number of carboxylic acids is 1. The van der Waals surface area contributed by atoms with Gasteiger partial charge in [0.2, 0.25) is 0 Å². The molecule has 18 heavy (non-hydrogen) atoms. The van der Waals surface area contributed by atoms with Gasteiger partial charge < -0.3 is 20.4 Å². The average Bonchev–Trinajstić information content (AvgIpc) is 2.25. The van der Waals surface area contributed by atoms with Gasteiger partial charge in [-0.25, -0.2) is 4.79 Å². The molecule has 106 valence electrons. The number of hydrogen-bond acceptors (Lipinski definition) is 3. The fourth-order valence-corrected chi connectivity index (χ4v) is 1.56. The third-order valence-electron chi connectivity index (χ3n) is 2.56. The first-order valence-electron chi connectivity index (χ1n) is 6.22. The molecule has 0 aliphatic rings. The van der Waals surface area contributed by atoms with E-state index in [0.717, 1.165) is 6.42 Å². The van der Waals surface area contributed by atoms with E-state index in [4.69, 9.17) is 10.2 Å². The lowest BCUT2D eigenvalue weighted by molar-refractivity contribution is -0.137. The van der Waals surface area contributed by atoms with Crippen LogP contribution in [-0.4, -0.2) is 52.3 Å². The maximum absolute atomic E-state index is 11.9. The van der Waals surface area contributed by atoms with Crippen molar-refractivity contribution in [2.75, 3.05) is 19.7 Å². The molecule has 0 unspecified atom stereocenters. The number of rotatable bonds is 8. The van der Waals surface area contributed by atoms with Gasteiger partial charge in [-0.2, -0.15) is 0 Å². The Bertz CT molecular complexity index is 273. The Morgan fingerprint density at radius 3 is 2.33 bits per heavy atom. The summed E-state index contributed by atoms with van der Waals surface area (Å²) in [7, 11) is 0. The number of nitrogens with one attached hydrogen (secondary N) is 1. The predicted molar refractivity (Wildman–Crippen MR) is 68.4 cm³/mol. The molecule has 0 atom stereocenters.